The third-order valence-corrected chi connectivity index (χ3v) is 4.80. The highest BCUT2D eigenvalue weighted by molar-refractivity contribution is 4.91. The van der Waals surface area contributed by atoms with E-state index in [0.717, 1.165) is 24.3 Å². The zero-order valence-corrected chi connectivity index (χ0v) is 12.0. The predicted octanol–water partition coefficient (Wildman–Crippen LogP) is 0.972. The molecular weight excluding hydrogens is 252 g/mol. The van der Waals surface area contributed by atoms with Gasteiger partial charge in [0.2, 0.25) is 0 Å². The molecule has 4 rings (SSSR count). The molecule has 3 aliphatic rings. The number of tetrazole rings is 1. The average Bonchev–Trinajstić information content (AvgIpc) is 3.39. The van der Waals surface area contributed by atoms with E-state index < -0.39 is 0 Å². The van der Waals surface area contributed by atoms with E-state index in [1.807, 2.05) is 4.68 Å². The molecule has 1 saturated heterocycles. The van der Waals surface area contributed by atoms with Crippen LogP contribution in [0.15, 0.2) is 0 Å². The van der Waals surface area contributed by atoms with Crippen LogP contribution < -0.4 is 5.32 Å². The van der Waals surface area contributed by atoms with E-state index in [4.69, 9.17) is 0 Å². The van der Waals surface area contributed by atoms with Gasteiger partial charge in [0.15, 0.2) is 5.82 Å². The summed E-state index contributed by atoms with van der Waals surface area (Å²) in [5.74, 6) is 2.04. The lowest BCUT2D eigenvalue weighted by molar-refractivity contribution is 0.183. The molecule has 0 radical (unpaired) electrons. The number of rotatable bonds is 6. The number of nitrogens with zero attached hydrogens (tertiary/aromatic N) is 5. The Kier molecular flexibility index (Phi) is 3.44. The molecule has 2 saturated carbocycles. The Hall–Kier alpha value is -1.01. The van der Waals surface area contributed by atoms with Gasteiger partial charge in [-0.1, -0.05) is 0 Å². The Balaban J connectivity index is 1.25. The van der Waals surface area contributed by atoms with Crippen LogP contribution in [0.2, 0.25) is 0 Å². The molecule has 1 aromatic heterocycles. The minimum atomic E-state index is 0.581. The molecule has 1 N–H and O–H groups in total. The SMILES string of the molecule is C1CC1CNC1CCN(Cc2nnnn2C2CC2)CC1. The van der Waals surface area contributed by atoms with Crippen molar-refractivity contribution in [1.29, 1.82) is 0 Å². The molecule has 2 aliphatic carbocycles. The van der Waals surface area contributed by atoms with E-state index in [9.17, 15) is 0 Å². The topological polar surface area (TPSA) is 58.9 Å². The first kappa shape index (κ1) is 12.7. The summed E-state index contributed by atoms with van der Waals surface area (Å²) in [4.78, 5) is 2.50. The molecule has 20 heavy (non-hydrogen) atoms. The van der Waals surface area contributed by atoms with Gasteiger partial charge in [-0.25, -0.2) is 4.68 Å². The fraction of sp³-hybridized carbons (Fsp3) is 0.929. The Morgan fingerprint density at radius 3 is 2.55 bits per heavy atom. The molecule has 0 spiro atoms. The van der Waals surface area contributed by atoms with Gasteiger partial charge in [-0.05, 0) is 61.4 Å². The number of hydrogen-bond donors (Lipinski definition) is 1. The molecule has 1 aromatic rings. The van der Waals surface area contributed by atoms with E-state index >= 15 is 0 Å². The first-order chi connectivity index (χ1) is 9.88. The third kappa shape index (κ3) is 3.01. The second-order valence-electron chi connectivity index (χ2n) is 6.67. The zero-order chi connectivity index (χ0) is 13.4. The number of hydrogen-bond acceptors (Lipinski definition) is 5. The van der Waals surface area contributed by atoms with Gasteiger partial charge in [0.05, 0.1) is 12.6 Å². The second-order valence-corrected chi connectivity index (χ2v) is 6.67. The van der Waals surface area contributed by atoms with Gasteiger partial charge < -0.3 is 5.32 Å². The van der Waals surface area contributed by atoms with E-state index in [0.29, 0.717) is 6.04 Å². The van der Waals surface area contributed by atoms with Crippen molar-refractivity contribution in [2.24, 2.45) is 5.92 Å². The highest BCUT2D eigenvalue weighted by Crippen LogP contribution is 2.34. The first-order valence-corrected chi connectivity index (χ1v) is 8.11. The summed E-state index contributed by atoms with van der Waals surface area (Å²) in [6, 6.07) is 1.31. The third-order valence-electron chi connectivity index (χ3n) is 4.80. The smallest absolute Gasteiger partial charge is 0.165 e. The number of aromatic nitrogens is 4. The number of piperidine rings is 1. The second kappa shape index (κ2) is 5.41. The van der Waals surface area contributed by atoms with Crippen LogP contribution in [0.25, 0.3) is 0 Å². The van der Waals surface area contributed by atoms with Crippen molar-refractivity contribution in [3.05, 3.63) is 5.82 Å². The van der Waals surface area contributed by atoms with Crippen molar-refractivity contribution in [3.8, 4) is 0 Å². The van der Waals surface area contributed by atoms with Gasteiger partial charge in [0.1, 0.15) is 0 Å². The minimum Gasteiger partial charge on any atom is -0.314 e. The molecular formula is C14H24N6. The van der Waals surface area contributed by atoms with E-state index in [-0.39, 0.29) is 0 Å². The zero-order valence-electron chi connectivity index (χ0n) is 12.0. The largest absolute Gasteiger partial charge is 0.314 e. The van der Waals surface area contributed by atoms with Crippen LogP contribution in [0.1, 0.15) is 50.4 Å². The van der Waals surface area contributed by atoms with Gasteiger partial charge in [-0.3, -0.25) is 4.90 Å². The normalized spacial score (nSPS) is 25.2. The van der Waals surface area contributed by atoms with E-state index in [1.165, 1.54) is 58.2 Å². The lowest BCUT2D eigenvalue weighted by atomic mass is 10.0. The van der Waals surface area contributed by atoms with Crippen LogP contribution in [0.3, 0.4) is 0 Å². The van der Waals surface area contributed by atoms with Crippen molar-refractivity contribution in [3.63, 3.8) is 0 Å². The van der Waals surface area contributed by atoms with Crippen molar-refractivity contribution in [1.82, 2.24) is 30.4 Å². The summed E-state index contributed by atoms with van der Waals surface area (Å²) in [6.07, 6.45) is 7.89. The van der Waals surface area contributed by atoms with E-state index in [1.54, 1.807) is 0 Å². The summed E-state index contributed by atoms with van der Waals surface area (Å²) >= 11 is 0. The molecule has 3 fully saturated rings. The molecule has 110 valence electrons. The lowest BCUT2D eigenvalue weighted by Gasteiger charge is -2.32. The maximum atomic E-state index is 4.20. The van der Waals surface area contributed by atoms with Crippen molar-refractivity contribution < 1.29 is 0 Å². The van der Waals surface area contributed by atoms with Crippen LogP contribution in [-0.4, -0.2) is 50.8 Å². The maximum absolute atomic E-state index is 4.20. The lowest BCUT2D eigenvalue weighted by Crippen LogP contribution is -2.43. The minimum absolute atomic E-state index is 0.581. The van der Waals surface area contributed by atoms with Crippen LogP contribution in [0.5, 0.6) is 0 Å². The Morgan fingerprint density at radius 1 is 1.05 bits per heavy atom. The fourth-order valence-electron chi connectivity index (χ4n) is 3.07. The standard InChI is InChI=1S/C14H24N6/c1-2-11(1)9-15-12-5-7-19(8-6-12)10-14-16-17-18-20(14)13-3-4-13/h11-13,15H,1-10H2. The molecule has 6 heteroatoms. The molecule has 6 nitrogen and oxygen atoms in total. The summed E-state index contributed by atoms with van der Waals surface area (Å²) < 4.78 is 2.04. The predicted molar refractivity (Wildman–Crippen MR) is 75.1 cm³/mol. The van der Waals surface area contributed by atoms with E-state index in [2.05, 4.69) is 25.7 Å². The molecule has 0 atom stereocenters. The van der Waals surface area contributed by atoms with Crippen molar-refractivity contribution in [2.45, 2.75) is 57.2 Å². The quantitative estimate of drug-likeness (QED) is 0.839. The fourth-order valence-corrected chi connectivity index (χ4v) is 3.07. The molecule has 1 aliphatic heterocycles. The highest BCUT2D eigenvalue weighted by atomic mass is 15.6. The van der Waals surface area contributed by atoms with Gasteiger partial charge in [0.25, 0.3) is 0 Å². The maximum Gasteiger partial charge on any atom is 0.165 e. The number of nitrogens with one attached hydrogen (secondary N) is 1. The summed E-state index contributed by atoms with van der Waals surface area (Å²) in [7, 11) is 0. The molecule has 0 bridgehead atoms. The van der Waals surface area contributed by atoms with Crippen molar-refractivity contribution in [2.75, 3.05) is 19.6 Å². The molecule has 2 heterocycles. The van der Waals surface area contributed by atoms with Gasteiger partial charge in [-0.2, -0.15) is 0 Å². The Bertz CT molecular complexity index is 442. The highest BCUT2D eigenvalue weighted by Gasteiger charge is 2.29. The summed E-state index contributed by atoms with van der Waals surface area (Å²) in [5.41, 5.74) is 0. The summed E-state index contributed by atoms with van der Waals surface area (Å²) in [5, 5.41) is 15.9. The number of likely N-dealkylation sites (tertiary alicyclic amines) is 1. The van der Waals surface area contributed by atoms with Gasteiger partial charge in [0, 0.05) is 19.1 Å². The molecule has 0 amide bonds. The van der Waals surface area contributed by atoms with Gasteiger partial charge >= 0.3 is 0 Å². The first-order valence-electron chi connectivity index (χ1n) is 8.11. The van der Waals surface area contributed by atoms with Crippen LogP contribution in [0.4, 0.5) is 0 Å². The Morgan fingerprint density at radius 2 is 1.85 bits per heavy atom. The molecule has 0 aromatic carbocycles. The molecule has 0 unspecified atom stereocenters. The monoisotopic (exact) mass is 276 g/mol. The van der Waals surface area contributed by atoms with Crippen LogP contribution in [-0.2, 0) is 6.54 Å². The van der Waals surface area contributed by atoms with Crippen LogP contribution in [0, 0.1) is 5.92 Å². The van der Waals surface area contributed by atoms with Crippen LogP contribution >= 0.6 is 0 Å². The Labute approximate surface area is 119 Å². The average molecular weight is 276 g/mol. The van der Waals surface area contributed by atoms with Gasteiger partial charge in [-0.15, -0.1) is 5.10 Å². The summed E-state index contributed by atoms with van der Waals surface area (Å²) in [6.45, 7) is 4.49. The van der Waals surface area contributed by atoms with Crippen molar-refractivity contribution >= 4 is 0 Å².